The molecule has 0 aliphatic carbocycles. The molecule has 39 heavy (non-hydrogen) atoms. The summed E-state index contributed by atoms with van der Waals surface area (Å²) in [6.45, 7) is 0.0874. The molecule has 0 atom stereocenters. The van der Waals surface area contributed by atoms with Gasteiger partial charge in [-0.25, -0.2) is 0 Å². The fourth-order valence-corrected chi connectivity index (χ4v) is 6.94. The molecule has 0 saturated heterocycles. The first-order valence-corrected chi connectivity index (χ1v) is 13.5. The van der Waals surface area contributed by atoms with Gasteiger partial charge in [0.15, 0.2) is 0 Å². The highest BCUT2D eigenvalue weighted by Gasteiger charge is 2.42. The number of ether oxygens (including phenoxy) is 1. The van der Waals surface area contributed by atoms with Crippen LogP contribution in [0.4, 0.5) is 0 Å². The van der Waals surface area contributed by atoms with Gasteiger partial charge < -0.3 is 9.30 Å². The molecule has 0 radical (unpaired) electrons. The van der Waals surface area contributed by atoms with Crippen molar-refractivity contribution in [3.8, 4) is 39.6 Å². The zero-order chi connectivity index (χ0) is 25.5. The van der Waals surface area contributed by atoms with E-state index in [0.29, 0.717) is 0 Å². The predicted molar refractivity (Wildman–Crippen MR) is 163 cm³/mol. The number of nitrogens with zero attached hydrogens (tertiary/aromatic N) is 1. The fourth-order valence-electron chi connectivity index (χ4n) is 6.94. The molecule has 2 aliphatic heterocycles. The van der Waals surface area contributed by atoms with Crippen molar-refractivity contribution in [3.63, 3.8) is 0 Å². The van der Waals surface area contributed by atoms with Crippen LogP contribution in [0.3, 0.4) is 0 Å². The van der Waals surface area contributed by atoms with Crippen LogP contribution >= 0.6 is 0 Å². The number of fused-ring (bicyclic) bond motifs is 6. The summed E-state index contributed by atoms with van der Waals surface area (Å²) in [5, 5.41) is 3.85. The molecule has 1 aromatic heterocycles. The zero-order valence-electron chi connectivity index (χ0n) is 21.1. The van der Waals surface area contributed by atoms with Gasteiger partial charge >= 0.3 is 0 Å². The molecule has 2 nitrogen and oxygen atoms in total. The number of aromatic nitrogens is 1. The van der Waals surface area contributed by atoms with Gasteiger partial charge in [0.2, 0.25) is 0 Å². The Bertz CT molecular complexity index is 2090. The summed E-state index contributed by atoms with van der Waals surface area (Å²) >= 11 is 0. The molecule has 9 rings (SSSR count). The second-order valence-electron chi connectivity index (χ2n) is 10.5. The average molecular weight is 495 g/mol. The summed E-state index contributed by atoms with van der Waals surface area (Å²) in [6, 6.07) is 48.0. The normalized spacial score (nSPS) is 12.8. The van der Waals surface area contributed by atoms with Gasteiger partial charge in [0.1, 0.15) is 11.5 Å². The summed E-state index contributed by atoms with van der Waals surface area (Å²) in [6.07, 6.45) is 0. The predicted octanol–water partition coefficient (Wildman–Crippen LogP) is 7.05. The Morgan fingerprint density at radius 3 is 2.08 bits per heavy atom. The lowest BCUT2D eigenvalue weighted by atomic mass is 9.34. The van der Waals surface area contributed by atoms with Gasteiger partial charge in [-0.3, -0.25) is 0 Å². The monoisotopic (exact) mass is 495 g/mol. The quantitative estimate of drug-likeness (QED) is 0.235. The Balaban J connectivity index is 1.57. The first-order valence-electron chi connectivity index (χ1n) is 13.5. The summed E-state index contributed by atoms with van der Waals surface area (Å²) in [5.74, 6) is 1.89. The van der Waals surface area contributed by atoms with Crippen molar-refractivity contribution in [3.05, 3.63) is 133 Å². The van der Waals surface area contributed by atoms with Crippen molar-refractivity contribution in [2.75, 3.05) is 0 Å². The van der Waals surface area contributed by atoms with E-state index in [1.54, 1.807) is 0 Å². The van der Waals surface area contributed by atoms with Gasteiger partial charge in [-0.05, 0) is 62.6 Å². The summed E-state index contributed by atoms with van der Waals surface area (Å²) in [7, 11) is 0. The molecule has 0 spiro atoms. The van der Waals surface area contributed by atoms with Gasteiger partial charge in [-0.1, -0.05) is 109 Å². The van der Waals surface area contributed by atoms with Crippen LogP contribution < -0.4 is 21.1 Å². The standard InChI is InChI=1S/C36H22BNO/c1-3-12-23(13-4-1)32-27-22-25-16-7-8-17-26(25)33-36(27)38(35(32)24-14-5-2-6-15-24)29-19-11-21-31-34(29)37(33)28-18-9-10-20-30(28)39-31/h1-22H. The van der Waals surface area contributed by atoms with Gasteiger partial charge in [0, 0.05) is 16.6 Å². The maximum absolute atomic E-state index is 6.57. The molecule has 0 unspecified atom stereocenters. The highest BCUT2D eigenvalue weighted by atomic mass is 16.5. The lowest BCUT2D eigenvalue weighted by Crippen LogP contribution is -2.58. The first kappa shape index (κ1) is 21.0. The van der Waals surface area contributed by atoms with E-state index in [9.17, 15) is 0 Å². The number of hydrogen-bond acceptors (Lipinski definition) is 1. The van der Waals surface area contributed by atoms with E-state index in [1.165, 1.54) is 66.1 Å². The van der Waals surface area contributed by atoms with E-state index in [-0.39, 0.29) is 6.71 Å². The molecule has 0 saturated carbocycles. The third-order valence-corrected chi connectivity index (χ3v) is 8.44. The maximum Gasteiger partial charge on any atom is 0.257 e. The van der Waals surface area contributed by atoms with Crippen LogP contribution in [0.25, 0.3) is 49.7 Å². The van der Waals surface area contributed by atoms with Crippen molar-refractivity contribution >= 4 is 44.8 Å². The van der Waals surface area contributed by atoms with Crippen LogP contribution in [-0.2, 0) is 0 Å². The van der Waals surface area contributed by atoms with E-state index >= 15 is 0 Å². The van der Waals surface area contributed by atoms with Crippen LogP contribution in [-0.4, -0.2) is 11.3 Å². The molecule has 6 aromatic carbocycles. The number of benzene rings is 6. The molecule has 180 valence electrons. The molecule has 0 amide bonds. The van der Waals surface area contributed by atoms with E-state index in [1.807, 2.05) is 0 Å². The minimum atomic E-state index is 0.0874. The Morgan fingerprint density at radius 2 is 1.23 bits per heavy atom. The highest BCUT2D eigenvalue weighted by molar-refractivity contribution is 7.00. The van der Waals surface area contributed by atoms with Crippen molar-refractivity contribution in [1.82, 2.24) is 4.57 Å². The molecule has 0 bridgehead atoms. The third kappa shape index (κ3) is 2.77. The molecule has 0 fully saturated rings. The van der Waals surface area contributed by atoms with Crippen LogP contribution in [0.5, 0.6) is 11.5 Å². The molecule has 2 aliphatic rings. The minimum absolute atomic E-state index is 0.0874. The first-order chi connectivity index (χ1) is 19.4. The fraction of sp³-hybridized carbons (Fsp3) is 0. The van der Waals surface area contributed by atoms with Gasteiger partial charge in [0.05, 0.1) is 11.2 Å². The van der Waals surface area contributed by atoms with Gasteiger partial charge in [-0.15, -0.1) is 0 Å². The average Bonchev–Trinajstić information content (AvgIpc) is 3.34. The maximum atomic E-state index is 6.57. The Kier molecular flexibility index (Phi) is 4.17. The second kappa shape index (κ2) is 7.75. The van der Waals surface area contributed by atoms with E-state index in [4.69, 9.17) is 4.74 Å². The number of hydrogen-bond donors (Lipinski definition) is 0. The lowest BCUT2D eigenvalue weighted by molar-refractivity contribution is 0.487. The Morgan fingerprint density at radius 1 is 0.538 bits per heavy atom. The van der Waals surface area contributed by atoms with Crippen LogP contribution in [0.1, 0.15) is 0 Å². The van der Waals surface area contributed by atoms with E-state index in [2.05, 4.69) is 138 Å². The Hall–Kier alpha value is -5.02. The molecular formula is C36H22BNO. The number of para-hydroxylation sites is 1. The summed E-state index contributed by atoms with van der Waals surface area (Å²) < 4.78 is 9.09. The van der Waals surface area contributed by atoms with Crippen LogP contribution in [0.15, 0.2) is 133 Å². The Labute approximate surface area is 226 Å². The zero-order valence-corrected chi connectivity index (χ0v) is 21.1. The van der Waals surface area contributed by atoms with E-state index in [0.717, 1.165) is 11.5 Å². The largest absolute Gasteiger partial charge is 0.458 e. The van der Waals surface area contributed by atoms with Crippen LogP contribution in [0, 0.1) is 0 Å². The summed E-state index contributed by atoms with van der Waals surface area (Å²) in [5.41, 5.74) is 11.2. The second-order valence-corrected chi connectivity index (χ2v) is 10.5. The van der Waals surface area contributed by atoms with Crippen molar-refractivity contribution in [2.45, 2.75) is 0 Å². The van der Waals surface area contributed by atoms with Gasteiger partial charge in [0.25, 0.3) is 6.71 Å². The molecule has 7 aromatic rings. The van der Waals surface area contributed by atoms with E-state index < -0.39 is 0 Å². The smallest absolute Gasteiger partial charge is 0.257 e. The molecule has 0 N–H and O–H groups in total. The van der Waals surface area contributed by atoms with Crippen molar-refractivity contribution in [2.24, 2.45) is 0 Å². The van der Waals surface area contributed by atoms with Gasteiger partial charge in [-0.2, -0.15) is 0 Å². The SMILES string of the molecule is c1ccc(-c2c(-c3ccccc3)n3c4c(c5ccccc5cc24)B2c4ccccc4Oc4cccc-3c42)cc1. The molecule has 3 heterocycles. The molecule has 3 heteroatoms. The summed E-state index contributed by atoms with van der Waals surface area (Å²) in [4.78, 5) is 0. The minimum Gasteiger partial charge on any atom is -0.458 e. The topological polar surface area (TPSA) is 14.2 Å². The van der Waals surface area contributed by atoms with Crippen molar-refractivity contribution < 1.29 is 4.74 Å². The lowest BCUT2D eigenvalue weighted by Gasteiger charge is -2.34. The number of rotatable bonds is 2. The third-order valence-electron chi connectivity index (χ3n) is 8.44. The van der Waals surface area contributed by atoms with Crippen LogP contribution in [0.2, 0.25) is 0 Å². The van der Waals surface area contributed by atoms with Crippen molar-refractivity contribution in [1.29, 1.82) is 0 Å². The molecular weight excluding hydrogens is 473 g/mol. The highest BCUT2D eigenvalue weighted by Crippen LogP contribution is 2.45.